The Labute approximate surface area is 133 Å². The lowest BCUT2D eigenvalue weighted by atomic mass is 9.99. The minimum Gasteiger partial charge on any atom is -0.370 e. The van der Waals surface area contributed by atoms with E-state index >= 15 is 0 Å². The third-order valence-corrected chi connectivity index (χ3v) is 4.21. The maximum absolute atomic E-state index is 4.71. The molecule has 1 N–H and O–H groups in total. The lowest BCUT2D eigenvalue weighted by molar-refractivity contribution is 0.633. The van der Waals surface area contributed by atoms with Crippen molar-refractivity contribution in [1.82, 2.24) is 5.32 Å². The number of nitrogens with zero attached hydrogens (tertiary/aromatic N) is 1. The number of benzene rings is 2. The molecular formula is C20H24N2. The van der Waals surface area contributed by atoms with Gasteiger partial charge in [-0.15, -0.1) is 0 Å². The molecule has 0 aromatic heterocycles. The van der Waals surface area contributed by atoms with Gasteiger partial charge in [-0.05, 0) is 29.5 Å². The summed E-state index contributed by atoms with van der Waals surface area (Å²) in [6.45, 7) is 1.83. The van der Waals surface area contributed by atoms with Crippen LogP contribution in [0, 0.1) is 0 Å². The van der Waals surface area contributed by atoms with Gasteiger partial charge in [0.15, 0.2) is 0 Å². The highest BCUT2D eigenvalue weighted by Crippen LogP contribution is 2.23. The monoisotopic (exact) mass is 292 g/mol. The molecule has 0 bridgehead atoms. The summed E-state index contributed by atoms with van der Waals surface area (Å²) in [5, 5.41) is 3.57. The van der Waals surface area contributed by atoms with Crippen LogP contribution < -0.4 is 5.32 Å². The van der Waals surface area contributed by atoms with Gasteiger partial charge in [-0.25, -0.2) is 0 Å². The Balaban J connectivity index is 1.73. The van der Waals surface area contributed by atoms with E-state index in [2.05, 4.69) is 59.9 Å². The van der Waals surface area contributed by atoms with Gasteiger partial charge < -0.3 is 5.32 Å². The first-order valence-electron chi connectivity index (χ1n) is 8.34. The normalized spacial score (nSPS) is 17.9. The average Bonchev–Trinajstić information content (AvgIpc) is 2.55. The second-order valence-electron chi connectivity index (χ2n) is 5.87. The van der Waals surface area contributed by atoms with Gasteiger partial charge in [0.25, 0.3) is 0 Å². The van der Waals surface area contributed by atoms with E-state index in [1.54, 1.807) is 0 Å². The molecule has 2 aromatic carbocycles. The quantitative estimate of drug-likeness (QED) is 0.863. The maximum atomic E-state index is 4.71. The third kappa shape index (κ3) is 3.97. The van der Waals surface area contributed by atoms with E-state index in [0.29, 0.717) is 0 Å². The van der Waals surface area contributed by atoms with Crippen molar-refractivity contribution in [3.63, 3.8) is 0 Å². The zero-order chi connectivity index (χ0) is 15.0. The van der Waals surface area contributed by atoms with E-state index in [0.717, 1.165) is 19.5 Å². The summed E-state index contributed by atoms with van der Waals surface area (Å²) < 4.78 is 0. The smallest absolute Gasteiger partial charge is 0.0965 e. The van der Waals surface area contributed by atoms with Gasteiger partial charge in [-0.1, -0.05) is 67.4 Å². The fraction of sp³-hybridized carbons (Fsp3) is 0.350. The first kappa shape index (κ1) is 14.8. The summed E-state index contributed by atoms with van der Waals surface area (Å²) in [4.78, 5) is 4.71. The van der Waals surface area contributed by atoms with Gasteiger partial charge in [-0.3, -0.25) is 4.99 Å². The summed E-state index contributed by atoms with van der Waals surface area (Å²) in [7, 11) is 0. The van der Waals surface area contributed by atoms with Crippen LogP contribution in [0.3, 0.4) is 0 Å². The SMILES string of the molecule is c1ccc(-c2ccccc2CN/C2=N/CCCCCC2)cc1. The molecule has 0 atom stereocenters. The number of amidine groups is 1. The van der Waals surface area contributed by atoms with E-state index in [1.807, 2.05) is 0 Å². The van der Waals surface area contributed by atoms with Crippen LogP contribution in [0.15, 0.2) is 59.6 Å². The summed E-state index contributed by atoms with van der Waals surface area (Å²) in [6, 6.07) is 19.2. The van der Waals surface area contributed by atoms with Crippen molar-refractivity contribution in [1.29, 1.82) is 0 Å². The molecule has 1 aliphatic rings. The van der Waals surface area contributed by atoms with Crippen LogP contribution in [0.25, 0.3) is 11.1 Å². The Morgan fingerprint density at radius 1 is 0.818 bits per heavy atom. The molecule has 22 heavy (non-hydrogen) atoms. The molecule has 3 rings (SSSR count). The van der Waals surface area contributed by atoms with Gasteiger partial charge in [0.05, 0.1) is 5.84 Å². The standard InChI is InChI=1S/C20H24N2/c1-2-9-15-21-20(14-6-1)22-16-18-12-7-8-13-19(18)17-10-4-3-5-11-17/h3-5,7-8,10-13H,1-2,6,9,14-16H2,(H,21,22). The van der Waals surface area contributed by atoms with Crippen molar-refractivity contribution in [2.75, 3.05) is 6.54 Å². The van der Waals surface area contributed by atoms with E-state index in [1.165, 1.54) is 48.2 Å². The molecule has 0 fully saturated rings. The highest BCUT2D eigenvalue weighted by atomic mass is 15.0. The lowest BCUT2D eigenvalue weighted by Crippen LogP contribution is -2.24. The summed E-state index contributed by atoms with van der Waals surface area (Å²) in [5.41, 5.74) is 3.92. The molecule has 2 nitrogen and oxygen atoms in total. The first-order valence-corrected chi connectivity index (χ1v) is 8.34. The van der Waals surface area contributed by atoms with Gasteiger partial charge in [0, 0.05) is 19.5 Å². The van der Waals surface area contributed by atoms with Crippen LogP contribution in [0.5, 0.6) is 0 Å². The number of hydrogen-bond acceptors (Lipinski definition) is 2. The van der Waals surface area contributed by atoms with Crippen molar-refractivity contribution in [2.45, 2.75) is 38.6 Å². The van der Waals surface area contributed by atoms with Crippen LogP contribution in [-0.4, -0.2) is 12.4 Å². The molecule has 0 spiro atoms. The molecule has 114 valence electrons. The van der Waals surface area contributed by atoms with Crippen molar-refractivity contribution < 1.29 is 0 Å². The van der Waals surface area contributed by atoms with Crippen molar-refractivity contribution in [3.8, 4) is 11.1 Å². The van der Waals surface area contributed by atoms with Gasteiger partial charge in [-0.2, -0.15) is 0 Å². The first-order chi connectivity index (χ1) is 10.9. The predicted molar refractivity (Wildman–Crippen MR) is 94.1 cm³/mol. The van der Waals surface area contributed by atoms with Crippen molar-refractivity contribution in [3.05, 3.63) is 60.2 Å². The van der Waals surface area contributed by atoms with Crippen molar-refractivity contribution in [2.24, 2.45) is 4.99 Å². The number of aliphatic imine (C=N–C) groups is 1. The maximum Gasteiger partial charge on any atom is 0.0965 e. The van der Waals surface area contributed by atoms with E-state index in [-0.39, 0.29) is 0 Å². The average molecular weight is 292 g/mol. The molecule has 0 amide bonds. The number of rotatable bonds is 3. The Hall–Kier alpha value is -2.09. The molecule has 2 heteroatoms. The van der Waals surface area contributed by atoms with Crippen LogP contribution in [0.4, 0.5) is 0 Å². The minimum atomic E-state index is 0.851. The Bertz CT molecular complexity index is 617. The third-order valence-electron chi connectivity index (χ3n) is 4.21. The fourth-order valence-corrected chi connectivity index (χ4v) is 2.97. The van der Waals surface area contributed by atoms with Crippen molar-refractivity contribution >= 4 is 5.84 Å². The molecular weight excluding hydrogens is 268 g/mol. The van der Waals surface area contributed by atoms with Crippen LogP contribution in [0.2, 0.25) is 0 Å². The molecule has 0 radical (unpaired) electrons. The van der Waals surface area contributed by atoms with Gasteiger partial charge >= 0.3 is 0 Å². The zero-order valence-electron chi connectivity index (χ0n) is 13.1. The Kier molecular flexibility index (Phi) is 5.25. The predicted octanol–water partition coefficient (Wildman–Crippen LogP) is 4.81. The molecule has 0 unspecified atom stereocenters. The Morgan fingerprint density at radius 2 is 1.59 bits per heavy atom. The summed E-state index contributed by atoms with van der Waals surface area (Å²) in [6.07, 6.45) is 6.24. The summed E-state index contributed by atoms with van der Waals surface area (Å²) in [5.74, 6) is 1.18. The van der Waals surface area contributed by atoms with Gasteiger partial charge in [0.2, 0.25) is 0 Å². The largest absolute Gasteiger partial charge is 0.370 e. The topological polar surface area (TPSA) is 24.4 Å². The zero-order valence-corrected chi connectivity index (χ0v) is 13.1. The minimum absolute atomic E-state index is 0.851. The molecule has 1 aliphatic heterocycles. The van der Waals surface area contributed by atoms with E-state index in [9.17, 15) is 0 Å². The van der Waals surface area contributed by atoms with E-state index in [4.69, 9.17) is 4.99 Å². The summed E-state index contributed by atoms with van der Waals surface area (Å²) >= 11 is 0. The van der Waals surface area contributed by atoms with Crippen LogP contribution in [0.1, 0.15) is 37.7 Å². The number of nitrogens with one attached hydrogen (secondary N) is 1. The molecule has 1 heterocycles. The van der Waals surface area contributed by atoms with E-state index < -0.39 is 0 Å². The van der Waals surface area contributed by atoms with Crippen LogP contribution in [-0.2, 0) is 6.54 Å². The highest BCUT2D eigenvalue weighted by molar-refractivity contribution is 5.82. The highest BCUT2D eigenvalue weighted by Gasteiger charge is 2.06. The fourth-order valence-electron chi connectivity index (χ4n) is 2.97. The Morgan fingerprint density at radius 3 is 2.50 bits per heavy atom. The lowest BCUT2D eigenvalue weighted by Gasteiger charge is -2.15. The van der Waals surface area contributed by atoms with Gasteiger partial charge in [0.1, 0.15) is 0 Å². The van der Waals surface area contributed by atoms with Crippen LogP contribution >= 0.6 is 0 Å². The molecule has 0 saturated carbocycles. The molecule has 2 aromatic rings. The second kappa shape index (κ2) is 7.79. The second-order valence-corrected chi connectivity index (χ2v) is 5.87. The number of hydrogen-bond donors (Lipinski definition) is 1. The molecule has 0 aliphatic carbocycles. The molecule has 0 saturated heterocycles.